The third-order valence-electron chi connectivity index (χ3n) is 3.95. The highest BCUT2D eigenvalue weighted by molar-refractivity contribution is 5.88. The summed E-state index contributed by atoms with van der Waals surface area (Å²) in [6.07, 6.45) is 4.94. The molecule has 2 rings (SSSR count). The SMILES string of the molecule is CCc1c(C(=O)OC)nnn1C(C)C(=O)NC1CCCC1. The average Bonchev–Trinajstić information content (AvgIpc) is 3.14. The molecule has 7 nitrogen and oxygen atoms in total. The van der Waals surface area contributed by atoms with Crippen LogP contribution in [0, 0.1) is 0 Å². The summed E-state index contributed by atoms with van der Waals surface area (Å²) in [6.45, 7) is 3.66. The van der Waals surface area contributed by atoms with E-state index in [0.29, 0.717) is 12.1 Å². The first-order chi connectivity index (χ1) is 10.1. The molecule has 1 N–H and O–H groups in total. The lowest BCUT2D eigenvalue weighted by molar-refractivity contribution is -0.124. The Balaban J connectivity index is 2.14. The van der Waals surface area contributed by atoms with Crippen molar-refractivity contribution in [3.05, 3.63) is 11.4 Å². The molecule has 1 aromatic rings. The van der Waals surface area contributed by atoms with Gasteiger partial charge in [-0.15, -0.1) is 5.10 Å². The molecule has 0 aromatic carbocycles. The maximum Gasteiger partial charge on any atom is 0.360 e. The minimum absolute atomic E-state index is 0.0853. The van der Waals surface area contributed by atoms with Crippen molar-refractivity contribution >= 4 is 11.9 Å². The summed E-state index contributed by atoms with van der Waals surface area (Å²) in [7, 11) is 1.30. The number of hydrogen-bond donors (Lipinski definition) is 1. The second-order valence-electron chi connectivity index (χ2n) is 5.34. The number of hydrogen-bond acceptors (Lipinski definition) is 5. The van der Waals surface area contributed by atoms with Crippen molar-refractivity contribution in [1.82, 2.24) is 20.3 Å². The van der Waals surface area contributed by atoms with Crippen LogP contribution >= 0.6 is 0 Å². The van der Waals surface area contributed by atoms with E-state index in [2.05, 4.69) is 20.4 Å². The fourth-order valence-corrected chi connectivity index (χ4v) is 2.71. The first-order valence-electron chi connectivity index (χ1n) is 7.41. The Morgan fingerprint density at radius 1 is 1.43 bits per heavy atom. The second-order valence-corrected chi connectivity index (χ2v) is 5.34. The fourth-order valence-electron chi connectivity index (χ4n) is 2.71. The highest BCUT2D eigenvalue weighted by Crippen LogP contribution is 2.19. The molecule has 7 heteroatoms. The number of nitrogens with zero attached hydrogens (tertiary/aromatic N) is 3. The van der Waals surface area contributed by atoms with Gasteiger partial charge in [-0.1, -0.05) is 25.0 Å². The molecule has 116 valence electrons. The van der Waals surface area contributed by atoms with Crippen molar-refractivity contribution in [3.8, 4) is 0 Å². The van der Waals surface area contributed by atoms with E-state index in [1.807, 2.05) is 6.92 Å². The minimum Gasteiger partial charge on any atom is -0.464 e. The molecule has 0 radical (unpaired) electrons. The van der Waals surface area contributed by atoms with Crippen LogP contribution in [0.5, 0.6) is 0 Å². The molecule has 1 aliphatic rings. The molecular formula is C14H22N4O3. The molecule has 1 aliphatic carbocycles. The maximum absolute atomic E-state index is 12.3. The zero-order chi connectivity index (χ0) is 15.4. The first kappa shape index (κ1) is 15.5. The number of carbonyl (C=O) groups is 2. The van der Waals surface area contributed by atoms with Crippen molar-refractivity contribution in [3.63, 3.8) is 0 Å². The number of ether oxygens (including phenoxy) is 1. The van der Waals surface area contributed by atoms with Gasteiger partial charge in [-0.25, -0.2) is 9.48 Å². The van der Waals surface area contributed by atoms with E-state index >= 15 is 0 Å². The van der Waals surface area contributed by atoms with Crippen LogP contribution in [0.4, 0.5) is 0 Å². The molecule has 0 bridgehead atoms. The van der Waals surface area contributed by atoms with E-state index in [4.69, 9.17) is 0 Å². The third-order valence-corrected chi connectivity index (χ3v) is 3.95. The first-order valence-corrected chi connectivity index (χ1v) is 7.41. The van der Waals surface area contributed by atoms with Crippen molar-refractivity contribution in [2.45, 2.75) is 58.0 Å². The summed E-state index contributed by atoms with van der Waals surface area (Å²) in [4.78, 5) is 23.9. The maximum atomic E-state index is 12.3. The van der Waals surface area contributed by atoms with Gasteiger partial charge in [0.15, 0.2) is 5.69 Å². The van der Waals surface area contributed by atoms with Gasteiger partial charge in [-0.3, -0.25) is 4.79 Å². The van der Waals surface area contributed by atoms with E-state index in [1.165, 1.54) is 11.8 Å². The lowest BCUT2D eigenvalue weighted by Crippen LogP contribution is -2.38. The van der Waals surface area contributed by atoms with Gasteiger partial charge < -0.3 is 10.1 Å². The van der Waals surface area contributed by atoms with Gasteiger partial charge in [0, 0.05) is 6.04 Å². The van der Waals surface area contributed by atoms with E-state index < -0.39 is 12.0 Å². The summed E-state index contributed by atoms with van der Waals surface area (Å²) in [6, 6.07) is -0.236. The molecule has 1 aromatic heterocycles. The largest absolute Gasteiger partial charge is 0.464 e. The van der Waals surface area contributed by atoms with Crippen LogP contribution in [-0.2, 0) is 16.0 Å². The van der Waals surface area contributed by atoms with Crippen LogP contribution < -0.4 is 5.32 Å². The molecule has 1 fully saturated rings. The van der Waals surface area contributed by atoms with E-state index in [-0.39, 0.29) is 17.6 Å². The average molecular weight is 294 g/mol. The molecule has 1 heterocycles. The number of rotatable bonds is 5. The molecule has 1 amide bonds. The van der Waals surface area contributed by atoms with Crippen molar-refractivity contribution in [1.29, 1.82) is 0 Å². The molecule has 0 spiro atoms. The Labute approximate surface area is 124 Å². The predicted octanol–water partition coefficient (Wildman–Crippen LogP) is 1.25. The Bertz CT molecular complexity index is 520. The zero-order valence-corrected chi connectivity index (χ0v) is 12.8. The number of aromatic nitrogens is 3. The van der Waals surface area contributed by atoms with Gasteiger partial charge in [-0.2, -0.15) is 0 Å². The summed E-state index contributed by atoms with van der Waals surface area (Å²) in [5.41, 5.74) is 0.802. The standard InChI is InChI=1S/C14H22N4O3/c1-4-11-12(14(20)21-3)16-17-18(11)9(2)13(19)15-10-7-5-6-8-10/h9-10H,4-8H2,1-3H3,(H,15,19). The van der Waals surface area contributed by atoms with Gasteiger partial charge in [0.1, 0.15) is 6.04 Å². The van der Waals surface area contributed by atoms with E-state index in [1.54, 1.807) is 6.92 Å². The smallest absolute Gasteiger partial charge is 0.360 e. The number of esters is 1. The topological polar surface area (TPSA) is 86.1 Å². The van der Waals surface area contributed by atoms with Crippen LogP contribution in [0.3, 0.4) is 0 Å². The van der Waals surface area contributed by atoms with Crippen LogP contribution in [0.25, 0.3) is 0 Å². The molecule has 1 saturated carbocycles. The lowest BCUT2D eigenvalue weighted by Gasteiger charge is -2.18. The van der Waals surface area contributed by atoms with E-state index in [0.717, 1.165) is 25.7 Å². The Kier molecular flexibility index (Phi) is 4.93. The predicted molar refractivity (Wildman–Crippen MR) is 75.8 cm³/mol. The highest BCUT2D eigenvalue weighted by atomic mass is 16.5. The number of amides is 1. The Morgan fingerprint density at radius 2 is 2.10 bits per heavy atom. The molecule has 0 saturated heterocycles. The Hall–Kier alpha value is -1.92. The second kappa shape index (κ2) is 6.69. The van der Waals surface area contributed by atoms with Crippen molar-refractivity contribution in [2.75, 3.05) is 7.11 Å². The fraction of sp³-hybridized carbons (Fsp3) is 0.714. The minimum atomic E-state index is -0.526. The summed E-state index contributed by atoms with van der Waals surface area (Å²) in [5.74, 6) is -0.612. The quantitative estimate of drug-likeness (QED) is 0.826. The monoisotopic (exact) mass is 294 g/mol. The molecular weight excluding hydrogens is 272 g/mol. The van der Waals surface area contributed by atoms with Gasteiger partial charge >= 0.3 is 5.97 Å². The van der Waals surface area contributed by atoms with Gasteiger partial charge in [0.2, 0.25) is 5.91 Å². The van der Waals surface area contributed by atoms with Crippen LogP contribution in [-0.4, -0.2) is 40.0 Å². The van der Waals surface area contributed by atoms with Gasteiger partial charge in [-0.05, 0) is 26.2 Å². The van der Waals surface area contributed by atoms with Gasteiger partial charge in [0.25, 0.3) is 0 Å². The molecule has 1 atom stereocenters. The van der Waals surface area contributed by atoms with Crippen molar-refractivity contribution < 1.29 is 14.3 Å². The zero-order valence-electron chi connectivity index (χ0n) is 12.8. The molecule has 21 heavy (non-hydrogen) atoms. The summed E-state index contributed by atoms with van der Waals surface area (Å²) < 4.78 is 6.20. The van der Waals surface area contributed by atoms with Crippen LogP contribution in [0.2, 0.25) is 0 Å². The van der Waals surface area contributed by atoms with Crippen LogP contribution in [0.15, 0.2) is 0 Å². The molecule has 0 aliphatic heterocycles. The molecule has 1 unspecified atom stereocenters. The lowest BCUT2D eigenvalue weighted by atomic mass is 10.2. The van der Waals surface area contributed by atoms with Crippen LogP contribution in [0.1, 0.15) is 61.8 Å². The van der Waals surface area contributed by atoms with E-state index in [9.17, 15) is 9.59 Å². The highest BCUT2D eigenvalue weighted by Gasteiger charge is 2.27. The Morgan fingerprint density at radius 3 is 2.67 bits per heavy atom. The summed E-state index contributed by atoms with van der Waals surface area (Å²) >= 11 is 0. The normalized spacial score (nSPS) is 16.7. The summed E-state index contributed by atoms with van der Waals surface area (Å²) in [5, 5.41) is 10.8. The van der Waals surface area contributed by atoms with Gasteiger partial charge in [0.05, 0.1) is 12.8 Å². The number of nitrogens with one attached hydrogen (secondary N) is 1. The number of carbonyl (C=O) groups excluding carboxylic acids is 2. The number of methoxy groups -OCH3 is 1. The van der Waals surface area contributed by atoms with Crippen molar-refractivity contribution in [2.24, 2.45) is 0 Å². The third kappa shape index (κ3) is 3.22.